The molecule has 0 aliphatic carbocycles. The highest BCUT2D eigenvalue weighted by molar-refractivity contribution is 14.1. The highest BCUT2D eigenvalue weighted by Gasteiger charge is 2.36. The van der Waals surface area contributed by atoms with Crippen molar-refractivity contribution in [3.05, 3.63) is 91.4 Å². The molecule has 0 saturated carbocycles. The highest BCUT2D eigenvalue weighted by atomic mass is 127. The molecule has 8 nitrogen and oxygen atoms in total. The van der Waals surface area contributed by atoms with Crippen LogP contribution in [0.2, 0.25) is 0 Å². The maximum atomic E-state index is 13.0. The van der Waals surface area contributed by atoms with Gasteiger partial charge in [0.15, 0.2) is 11.5 Å². The molecule has 3 aromatic carbocycles. The summed E-state index contributed by atoms with van der Waals surface area (Å²) in [5.74, 6) is -0.0580. The van der Waals surface area contributed by atoms with E-state index < -0.39 is 17.1 Å². The first kappa shape index (κ1) is 28.2. The van der Waals surface area contributed by atoms with Crippen molar-refractivity contribution in [1.29, 1.82) is 5.26 Å². The number of hydrogen-bond donors (Lipinski definition) is 1. The number of hydrogen-bond acceptors (Lipinski definition) is 7. The molecule has 0 unspecified atom stereocenters. The number of imide groups is 1. The number of anilines is 1. The first-order valence-corrected chi connectivity index (χ1v) is 13.8. The Kier molecular flexibility index (Phi) is 9.27. The Labute approximate surface area is 244 Å². The van der Waals surface area contributed by atoms with E-state index in [1.54, 1.807) is 42.5 Å². The maximum Gasteiger partial charge on any atom is 0.294 e. The molecular formula is C29H24IN3O5S. The summed E-state index contributed by atoms with van der Waals surface area (Å²) in [4.78, 5) is 39.2. The molecule has 1 heterocycles. The quantitative estimate of drug-likeness (QED) is 0.223. The molecule has 1 N–H and O–H groups in total. The zero-order valence-electron chi connectivity index (χ0n) is 21.2. The first-order valence-electron chi connectivity index (χ1n) is 12.0. The summed E-state index contributed by atoms with van der Waals surface area (Å²) < 4.78 is 12.2. The van der Waals surface area contributed by atoms with Crippen LogP contribution in [0.3, 0.4) is 0 Å². The second-order valence-electron chi connectivity index (χ2n) is 8.46. The molecule has 1 aliphatic heterocycles. The number of carbonyl (C=O) groups excluding carboxylic acids is 3. The van der Waals surface area contributed by atoms with Gasteiger partial charge in [-0.05, 0) is 88.3 Å². The molecule has 0 radical (unpaired) electrons. The number of methoxy groups -OCH3 is 1. The monoisotopic (exact) mass is 653 g/mol. The molecule has 4 rings (SSSR count). The van der Waals surface area contributed by atoms with Crippen LogP contribution < -0.4 is 14.8 Å². The van der Waals surface area contributed by atoms with Crippen LogP contribution in [0.25, 0.3) is 6.08 Å². The second-order valence-corrected chi connectivity index (χ2v) is 10.6. The van der Waals surface area contributed by atoms with Gasteiger partial charge in [0, 0.05) is 11.3 Å². The van der Waals surface area contributed by atoms with Gasteiger partial charge in [0.2, 0.25) is 5.91 Å². The van der Waals surface area contributed by atoms with E-state index in [4.69, 9.17) is 9.47 Å². The number of halogens is 1. The summed E-state index contributed by atoms with van der Waals surface area (Å²) in [6, 6.07) is 20.2. The minimum absolute atomic E-state index is 0.180. The highest BCUT2D eigenvalue weighted by Crippen LogP contribution is 2.37. The Hall–Kier alpha value is -3.82. The predicted octanol–water partition coefficient (Wildman–Crippen LogP) is 5.99. The van der Waals surface area contributed by atoms with Crippen molar-refractivity contribution in [2.75, 3.05) is 19.0 Å². The van der Waals surface area contributed by atoms with E-state index in [-0.39, 0.29) is 18.1 Å². The Morgan fingerprint density at radius 3 is 2.59 bits per heavy atom. The average Bonchev–Trinajstić information content (AvgIpc) is 3.19. The van der Waals surface area contributed by atoms with Crippen LogP contribution in [0, 0.1) is 14.9 Å². The summed E-state index contributed by atoms with van der Waals surface area (Å²) >= 11 is 2.88. The average molecular weight is 653 g/mol. The first-order chi connectivity index (χ1) is 18.8. The fraction of sp³-hybridized carbons (Fsp3) is 0.172. The van der Waals surface area contributed by atoms with Gasteiger partial charge in [0.1, 0.15) is 13.2 Å². The summed E-state index contributed by atoms with van der Waals surface area (Å²) in [7, 11) is 1.51. The lowest BCUT2D eigenvalue weighted by molar-refractivity contribution is -0.127. The van der Waals surface area contributed by atoms with Gasteiger partial charge in [-0.1, -0.05) is 37.3 Å². The zero-order valence-corrected chi connectivity index (χ0v) is 24.2. The van der Waals surface area contributed by atoms with Crippen LogP contribution in [-0.4, -0.2) is 35.6 Å². The maximum absolute atomic E-state index is 13.0. The second kappa shape index (κ2) is 12.8. The number of nitrogens with one attached hydrogen (secondary N) is 1. The molecule has 198 valence electrons. The minimum Gasteiger partial charge on any atom is -0.493 e. The normalized spacial score (nSPS) is 13.9. The van der Waals surface area contributed by atoms with Gasteiger partial charge in [-0.3, -0.25) is 19.3 Å². The Bertz CT molecular complexity index is 1500. The lowest BCUT2D eigenvalue weighted by Crippen LogP contribution is -2.36. The standard InChI is InChI=1S/C29H24IN3O5S/c1-3-18-8-10-22(11-9-18)32-26(34)16-33-28(35)25(39-29(33)36)14-19-12-23(30)27(24(13-19)37-2)38-17-21-7-5-4-6-20(21)15-31/h4-14H,3,16-17H2,1-2H3,(H,32,34)/b25-14+. The predicted molar refractivity (Wildman–Crippen MR) is 158 cm³/mol. The van der Waals surface area contributed by atoms with Crippen LogP contribution in [0.4, 0.5) is 10.5 Å². The zero-order chi connectivity index (χ0) is 27.9. The number of nitrogens with zero attached hydrogens (tertiary/aromatic N) is 2. The summed E-state index contributed by atoms with van der Waals surface area (Å²) in [6.07, 6.45) is 2.47. The Balaban J connectivity index is 1.46. The summed E-state index contributed by atoms with van der Waals surface area (Å²) in [5.41, 5.74) is 3.64. The van der Waals surface area contributed by atoms with E-state index in [0.717, 1.165) is 37.8 Å². The molecular weight excluding hydrogens is 629 g/mol. The molecule has 1 saturated heterocycles. The summed E-state index contributed by atoms with van der Waals surface area (Å²) in [6.45, 7) is 1.84. The van der Waals surface area contributed by atoms with Crippen molar-refractivity contribution in [2.45, 2.75) is 20.0 Å². The number of thioether (sulfide) groups is 1. The van der Waals surface area contributed by atoms with Crippen molar-refractivity contribution in [2.24, 2.45) is 0 Å². The third-order valence-corrected chi connectivity index (χ3v) is 7.59. The van der Waals surface area contributed by atoms with Crippen LogP contribution >= 0.6 is 34.4 Å². The van der Waals surface area contributed by atoms with Crippen LogP contribution in [0.15, 0.2) is 65.6 Å². The molecule has 0 aromatic heterocycles. The smallest absolute Gasteiger partial charge is 0.294 e. The molecule has 0 bridgehead atoms. The van der Waals surface area contributed by atoms with E-state index >= 15 is 0 Å². The van der Waals surface area contributed by atoms with E-state index in [9.17, 15) is 19.6 Å². The molecule has 0 atom stereocenters. The van der Waals surface area contributed by atoms with Gasteiger partial charge in [0.25, 0.3) is 11.1 Å². The summed E-state index contributed by atoms with van der Waals surface area (Å²) in [5, 5.41) is 11.5. The molecule has 3 amide bonds. The lowest BCUT2D eigenvalue weighted by Gasteiger charge is -2.14. The molecule has 1 aliphatic rings. The third kappa shape index (κ3) is 6.79. The number of nitriles is 1. The largest absolute Gasteiger partial charge is 0.493 e. The molecule has 1 fully saturated rings. The fourth-order valence-electron chi connectivity index (χ4n) is 3.82. The number of amides is 3. The van der Waals surface area contributed by atoms with Gasteiger partial charge in [-0.15, -0.1) is 0 Å². The van der Waals surface area contributed by atoms with Crippen LogP contribution in [0.5, 0.6) is 11.5 Å². The van der Waals surface area contributed by atoms with Crippen molar-refractivity contribution >= 4 is 63.2 Å². The van der Waals surface area contributed by atoms with Gasteiger partial charge < -0.3 is 14.8 Å². The van der Waals surface area contributed by atoms with Gasteiger partial charge >= 0.3 is 0 Å². The molecule has 39 heavy (non-hydrogen) atoms. The number of aryl methyl sites for hydroxylation is 1. The SMILES string of the molecule is CCc1ccc(NC(=O)CN2C(=O)S/C(=C/c3cc(I)c(OCc4ccccc4C#N)c(OC)c3)C2=O)cc1. The van der Waals surface area contributed by atoms with Crippen molar-refractivity contribution in [3.63, 3.8) is 0 Å². The lowest BCUT2D eigenvalue weighted by atomic mass is 10.1. The fourth-order valence-corrected chi connectivity index (χ4v) is 5.44. The Morgan fingerprint density at radius 2 is 1.90 bits per heavy atom. The number of carbonyl (C=O) groups is 3. The Morgan fingerprint density at radius 1 is 1.15 bits per heavy atom. The van der Waals surface area contributed by atoms with Crippen LogP contribution in [-0.2, 0) is 22.6 Å². The topological polar surface area (TPSA) is 109 Å². The third-order valence-electron chi connectivity index (χ3n) is 5.88. The number of rotatable bonds is 9. The molecule has 3 aromatic rings. The minimum atomic E-state index is -0.538. The van der Waals surface area contributed by atoms with Gasteiger partial charge in [-0.25, -0.2) is 0 Å². The van der Waals surface area contributed by atoms with Crippen molar-refractivity contribution < 1.29 is 23.9 Å². The van der Waals surface area contributed by atoms with Crippen molar-refractivity contribution in [1.82, 2.24) is 4.90 Å². The van der Waals surface area contributed by atoms with E-state index in [2.05, 4.69) is 34.0 Å². The van der Waals surface area contributed by atoms with Gasteiger partial charge in [0.05, 0.1) is 27.2 Å². The van der Waals surface area contributed by atoms with E-state index in [1.807, 2.05) is 31.2 Å². The van der Waals surface area contributed by atoms with Crippen LogP contribution in [0.1, 0.15) is 29.2 Å². The number of ether oxygens (including phenoxy) is 2. The van der Waals surface area contributed by atoms with Crippen molar-refractivity contribution in [3.8, 4) is 17.6 Å². The van der Waals surface area contributed by atoms with Gasteiger partial charge in [-0.2, -0.15) is 5.26 Å². The number of benzene rings is 3. The van der Waals surface area contributed by atoms with E-state index in [1.165, 1.54) is 7.11 Å². The van der Waals surface area contributed by atoms with E-state index in [0.29, 0.717) is 28.3 Å². The molecule has 10 heteroatoms. The molecule has 0 spiro atoms.